The third-order valence-electron chi connectivity index (χ3n) is 4.30. The topological polar surface area (TPSA) is 98.5 Å². The first-order chi connectivity index (χ1) is 13.4. The van der Waals surface area contributed by atoms with Gasteiger partial charge in [-0.15, -0.1) is 11.3 Å². The Bertz CT molecular complexity index is 934. The molecule has 0 bridgehead atoms. The second-order valence-corrected chi connectivity index (χ2v) is 8.34. The van der Waals surface area contributed by atoms with Gasteiger partial charge in [0.1, 0.15) is 5.00 Å². The average molecular weight is 463 g/mol. The van der Waals surface area contributed by atoms with Gasteiger partial charge in [0.15, 0.2) is 6.61 Å². The normalized spacial score (nSPS) is 13.2. The summed E-state index contributed by atoms with van der Waals surface area (Å²) in [5.74, 6) is -1.69. The van der Waals surface area contributed by atoms with Crippen LogP contribution in [0.25, 0.3) is 6.08 Å². The van der Waals surface area contributed by atoms with Gasteiger partial charge in [-0.25, -0.2) is 4.79 Å². The smallest absolute Gasteiger partial charge is 0.331 e. The molecule has 1 aliphatic carbocycles. The highest BCUT2D eigenvalue weighted by atomic mass is 79.9. The zero-order chi connectivity index (χ0) is 20.1. The standard InChI is InChI=1S/C20H19BrN2O4S/c21-13-8-5-12(6-9-13)7-10-17(25)27-11-16(24)23-20-18(19(22)26)14-3-1-2-4-15(14)28-20/h5-10H,1-4,11H2,(H2,22,26)(H,23,24)/b10-7+. The van der Waals surface area contributed by atoms with Crippen LogP contribution in [0.15, 0.2) is 34.8 Å². The van der Waals surface area contributed by atoms with Crippen molar-refractivity contribution in [1.29, 1.82) is 0 Å². The van der Waals surface area contributed by atoms with E-state index in [-0.39, 0.29) is 0 Å². The van der Waals surface area contributed by atoms with Gasteiger partial charge in [-0.1, -0.05) is 28.1 Å². The first-order valence-corrected chi connectivity index (χ1v) is 10.4. The van der Waals surface area contributed by atoms with Crippen LogP contribution in [0.3, 0.4) is 0 Å². The molecular formula is C20H19BrN2O4S. The molecule has 1 aliphatic rings. The van der Waals surface area contributed by atoms with E-state index in [2.05, 4.69) is 21.2 Å². The molecule has 0 saturated heterocycles. The molecule has 1 heterocycles. The molecule has 8 heteroatoms. The lowest BCUT2D eigenvalue weighted by molar-refractivity contribution is -0.142. The molecule has 0 unspecified atom stereocenters. The zero-order valence-corrected chi connectivity index (χ0v) is 17.4. The predicted octanol–water partition coefficient (Wildman–Crippen LogP) is 3.68. The fraction of sp³-hybridized carbons (Fsp3) is 0.250. The minimum atomic E-state index is -0.626. The van der Waals surface area contributed by atoms with E-state index in [4.69, 9.17) is 10.5 Å². The number of halogens is 1. The van der Waals surface area contributed by atoms with Crippen molar-refractivity contribution < 1.29 is 19.1 Å². The number of primary amides is 1. The van der Waals surface area contributed by atoms with Gasteiger partial charge in [-0.05, 0) is 55.0 Å². The molecule has 146 valence electrons. The molecule has 0 spiro atoms. The number of anilines is 1. The Kier molecular flexibility index (Phi) is 6.64. The number of hydrogen-bond acceptors (Lipinski definition) is 5. The lowest BCUT2D eigenvalue weighted by atomic mass is 9.95. The van der Waals surface area contributed by atoms with Crippen molar-refractivity contribution in [1.82, 2.24) is 0 Å². The summed E-state index contributed by atoms with van der Waals surface area (Å²) in [6.45, 7) is -0.440. The lowest BCUT2D eigenvalue weighted by Crippen LogP contribution is -2.22. The van der Waals surface area contributed by atoms with Crippen molar-refractivity contribution in [3.8, 4) is 0 Å². The molecule has 0 fully saturated rings. The number of aryl methyl sites for hydroxylation is 1. The third-order valence-corrected chi connectivity index (χ3v) is 6.03. The number of ether oxygens (including phenoxy) is 1. The number of carbonyl (C=O) groups is 3. The first kappa shape index (κ1) is 20.3. The van der Waals surface area contributed by atoms with Crippen LogP contribution in [0.5, 0.6) is 0 Å². The van der Waals surface area contributed by atoms with Gasteiger partial charge >= 0.3 is 5.97 Å². The third kappa shape index (κ3) is 5.08. The van der Waals surface area contributed by atoms with Crippen molar-refractivity contribution in [2.45, 2.75) is 25.7 Å². The van der Waals surface area contributed by atoms with E-state index >= 15 is 0 Å². The quantitative estimate of drug-likeness (QED) is 0.505. The molecular weight excluding hydrogens is 444 g/mol. The highest BCUT2D eigenvalue weighted by Gasteiger charge is 2.25. The van der Waals surface area contributed by atoms with E-state index in [1.54, 1.807) is 6.08 Å². The van der Waals surface area contributed by atoms with Crippen LogP contribution in [-0.4, -0.2) is 24.4 Å². The number of thiophene rings is 1. The Morgan fingerprint density at radius 2 is 1.89 bits per heavy atom. The maximum atomic E-state index is 12.2. The van der Waals surface area contributed by atoms with E-state index in [9.17, 15) is 14.4 Å². The fourth-order valence-corrected chi connectivity index (χ4v) is 4.58. The van der Waals surface area contributed by atoms with E-state index in [0.717, 1.165) is 46.2 Å². The van der Waals surface area contributed by atoms with Crippen molar-refractivity contribution in [2.24, 2.45) is 5.73 Å². The molecule has 0 aliphatic heterocycles. The summed E-state index contributed by atoms with van der Waals surface area (Å²) in [4.78, 5) is 36.9. The maximum absolute atomic E-state index is 12.2. The number of nitrogens with one attached hydrogen (secondary N) is 1. The zero-order valence-electron chi connectivity index (χ0n) is 15.0. The predicted molar refractivity (Wildman–Crippen MR) is 112 cm³/mol. The number of hydrogen-bond donors (Lipinski definition) is 2. The molecule has 0 saturated carbocycles. The van der Waals surface area contributed by atoms with Gasteiger partial charge < -0.3 is 15.8 Å². The van der Waals surface area contributed by atoms with Gasteiger partial charge in [0.25, 0.3) is 11.8 Å². The summed E-state index contributed by atoms with van der Waals surface area (Å²) in [5, 5.41) is 3.09. The SMILES string of the molecule is NC(=O)c1c(NC(=O)COC(=O)/C=C/c2ccc(Br)cc2)sc2c1CCCC2. The van der Waals surface area contributed by atoms with E-state index in [1.165, 1.54) is 17.4 Å². The number of esters is 1. The Balaban J connectivity index is 1.57. The Morgan fingerprint density at radius 3 is 2.61 bits per heavy atom. The van der Waals surface area contributed by atoms with Crippen LogP contribution < -0.4 is 11.1 Å². The Hall–Kier alpha value is -2.45. The number of nitrogens with two attached hydrogens (primary N) is 1. The molecule has 3 N–H and O–H groups in total. The van der Waals surface area contributed by atoms with Gasteiger partial charge in [0.05, 0.1) is 5.56 Å². The van der Waals surface area contributed by atoms with Gasteiger partial charge in [0.2, 0.25) is 0 Å². The molecule has 6 nitrogen and oxygen atoms in total. The minimum Gasteiger partial charge on any atom is -0.452 e. The van der Waals surface area contributed by atoms with E-state index in [1.807, 2.05) is 24.3 Å². The molecule has 2 amide bonds. The number of carbonyl (C=O) groups excluding carboxylic acids is 3. The molecule has 1 aromatic heterocycles. The molecule has 28 heavy (non-hydrogen) atoms. The first-order valence-electron chi connectivity index (χ1n) is 8.78. The van der Waals surface area contributed by atoms with Gasteiger partial charge in [0, 0.05) is 15.4 Å². The largest absolute Gasteiger partial charge is 0.452 e. The van der Waals surface area contributed by atoms with Crippen molar-refractivity contribution >= 4 is 56.1 Å². The van der Waals surface area contributed by atoms with Crippen LogP contribution in [0.2, 0.25) is 0 Å². The fourth-order valence-electron chi connectivity index (χ4n) is 3.00. The van der Waals surface area contributed by atoms with Crippen LogP contribution in [0, 0.1) is 0 Å². The molecule has 0 atom stereocenters. The molecule has 0 radical (unpaired) electrons. The highest BCUT2D eigenvalue weighted by molar-refractivity contribution is 9.10. The number of benzene rings is 1. The maximum Gasteiger partial charge on any atom is 0.331 e. The summed E-state index contributed by atoms with van der Waals surface area (Å²) in [7, 11) is 0. The summed E-state index contributed by atoms with van der Waals surface area (Å²) in [5.41, 5.74) is 7.66. The molecule has 2 aromatic rings. The van der Waals surface area contributed by atoms with Gasteiger partial charge in [-0.2, -0.15) is 0 Å². The Labute approximate surface area is 174 Å². The average Bonchev–Trinajstić information content (AvgIpc) is 3.03. The van der Waals surface area contributed by atoms with E-state index in [0.29, 0.717) is 10.6 Å². The van der Waals surface area contributed by atoms with Crippen molar-refractivity contribution in [2.75, 3.05) is 11.9 Å². The van der Waals surface area contributed by atoms with Crippen LogP contribution >= 0.6 is 27.3 Å². The summed E-state index contributed by atoms with van der Waals surface area (Å²) in [6.07, 6.45) is 6.59. The summed E-state index contributed by atoms with van der Waals surface area (Å²) >= 11 is 4.71. The molecule has 1 aromatic carbocycles. The number of rotatable bonds is 6. The second kappa shape index (κ2) is 9.16. The Morgan fingerprint density at radius 1 is 1.18 bits per heavy atom. The van der Waals surface area contributed by atoms with Crippen LogP contribution in [0.1, 0.15) is 39.2 Å². The van der Waals surface area contributed by atoms with Crippen LogP contribution in [-0.2, 0) is 27.2 Å². The minimum absolute atomic E-state index is 0.384. The molecule has 3 rings (SSSR count). The number of amides is 2. The van der Waals surface area contributed by atoms with E-state index < -0.39 is 24.4 Å². The lowest BCUT2D eigenvalue weighted by Gasteiger charge is -2.11. The van der Waals surface area contributed by atoms with Crippen LogP contribution in [0.4, 0.5) is 5.00 Å². The summed E-state index contributed by atoms with van der Waals surface area (Å²) in [6, 6.07) is 7.39. The second-order valence-electron chi connectivity index (χ2n) is 6.32. The van der Waals surface area contributed by atoms with Crippen molar-refractivity contribution in [3.63, 3.8) is 0 Å². The highest BCUT2D eigenvalue weighted by Crippen LogP contribution is 2.37. The van der Waals surface area contributed by atoms with Crippen molar-refractivity contribution in [3.05, 3.63) is 56.4 Å². The van der Waals surface area contributed by atoms with Gasteiger partial charge in [-0.3, -0.25) is 9.59 Å². The number of fused-ring (bicyclic) bond motifs is 1. The monoisotopic (exact) mass is 462 g/mol. The summed E-state index contributed by atoms with van der Waals surface area (Å²) < 4.78 is 5.90.